The van der Waals surface area contributed by atoms with Crippen LogP contribution in [0.3, 0.4) is 0 Å². The Balaban J connectivity index is 1.72. The Morgan fingerprint density at radius 2 is 1.87 bits per heavy atom. The maximum atomic E-state index is 10.3. The fraction of sp³-hybridized carbons (Fsp3) is 0.778. The molecule has 170 valence electrons. The molecule has 0 aromatic heterocycles. The highest BCUT2D eigenvalue weighted by molar-refractivity contribution is 5.38. The van der Waals surface area contributed by atoms with Gasteiger partial charge < -0.3 is 15.3 Å². The van der Waals surface area contributed by atoms with E-state index in [1.54, 1.807) is 5.57 Å². The van der Waals surface area contributed by atoms with E-state index in [4.69, 9.17) is 0 Å². The van der Waals surface area contributed by atoms with E-state index in [-0.39, 0.29) is 6.10 Å². The average Bonchev–Trinajstić information content (AvgIpc) is 3.04. The van der Waals surface area contributed by atoms with Crippen molar-refractivity contribution in [2.45, 2.75) is 104 Å². The largest absolute Gasteiger partial charge is 0.393 e. The first-order valence-corrected chi connectivity index (χ1v) is 12.3. The standard InChI is InChI=1S/C27H44O3/c1-17(2)25(29)13-8-18(3)23-11-12-24-20(7-6-14-27(23,24)5)9-10-21-15-22(28)16-26(30)19(21)4/h9-10,17-18,22-26,28-30H,4,6-8,11-16H2,1-3,5H3/b20-9?,21-10-/t18-,22-,23-,24+,25-,26+,27-/m1/s1. The third-order valence-corrected chi connectivity index (χ3v) is 8.68. The van der Waals surface area contributed by atoms with E-state index in [9.17, 15) is 15.3 Å². The van der Waals surface area contributed by atoms with Gasteiger partial charge in [-0.3, -0.25) is 0 Å². The Labute approximate surface area is 184 Å². The van der Waals surface area contributed by atoms with Crippen LogP contribution in [0.1, 0.15) is 85.5 Å². The summed E-state index contributed by atoms with van der Waals surface area (Å²) in [6.07, 6.45) is 12.4. The lowest BCUT2D eigenvalue weighted by Gasteiger charge is -2.44. The minimum absolute atomic E-state index is 0.180. The van der Waals surface area contributed by atoms with Crippen molar-refractivity contribution in [1.29, 1.82) is 0 Å². The van der Waals surface area contributed by atoms with Crippen molar-refractivity contribution < 1.29 is 15.3 Å². The molecule has 3 N–H and O–H groups in total. The second-order valence-electron chi connectivity index (χ2n) is 11.0. The van der Waals surface area contributed by atoms with Crippen LogP contribution in [0.4, 0.5) is 0 Å². The number of allylic oxidation sites excluding steroid dienone is 3. The summed E-state index contributed by atoms with van der Waals surface area (Å²) in [6.45, 7) is 13.2. The zero-order chi connectivity index (χ0) is 22.1. The summed E-state index contributed by atoms with van der Waals surface area (Å²) < 4.78 is 0. The fourth-order valence-corrected chi connectivity index (χ4v) is 6.65. The topological polar surface area (TPSA) is 60.7 Å². The Hall–Kier alpha value is -0.900. The van der Waals surface area contributed by atoms with Crippen molar-refractivity contribution >= 4 is 0 Å². The molecule has 0 aromatic rings. The molecule has 7 atom stereocenters. The molecule has 0 aliphatic heterocycles. The van der Waals surface area contributed by atoms with Crippen molar-refractivity contribution in [1.82, 2.24) is 0 Å². The first-order valence-electron chi connectivity index (χ1n) is 12.3. The van der Waals surface area contributed by atoms with Gasteiger partial charge in [0.2, 0.25) is 0 Å². The molecule has 0 unspecified atom stereocenters. The zero-order valence-electron chi connectivity index (χ0n) is 19.6. The van der Waals surface area contributed by atoms with E-state index in [2.05, 4.69) is 46.4 Å². The molecule has 3 aliphatic rings. The Morgan fingerprint density at radius 1 is 1.13 bits per heavy atom. The minimum atomic E-state index is -0.618. The predicted molar refractivity (Wildman–Crippen MR) is 124 cm³/mol. The predicted octanol–water partition coefficient (Wildman–Crippen LogP) is 5.56. The molecule has 3 rings (SSSR count). The molecule has 3 nitrogen and oxygen atoms in total. The van der Waals surface area contributed by atoms with Crippen LogP contribution in [0.25, 0.3) is 0 Å². The molecule has 3 aliphatic carbocycles. The molecule has 0 heterocycles. The van der Waals surface area contributed by atoms with Crippen LogP contribution in [-0.4, -0.2) is 33.6 Å². The summed E-state index contributed by atoms with van der Waals surface area (Å²) in [6, 6.07) is 0. The molecule has 0 bridgehead atoms. The van der Waals surface area contributed by atoms with Gasteiger partial charge in [0.05, 0.1) is 18.3 Å². The van der Waals surface area contributed by atoms with Gasteiger partial charge in [-0.05, 0) is 91.6 Å². The molecule has 0 aromatic carbocycles. The van der Waals surface area contributed by atoms with Crippen LogP contribution in [0.2, 0.25) is 0 Å². The monoisotopic (exact) mass is 416 g/mol. The number of aliphatic hydroxyl groups excluding tert-OH is 3. The number of hydrogen-bond donors (Lipinski definition) is 3. The number of fused-ring (bicyclic) bond motifs is 1. The van der Waals surface area contributed by atoms with Crippen molar-refractivity contribution in [2.24, 2.45) is 29.1 Å². The normalized spacial score (nSPS) is 39.5. The van der Waals surface area contributed by atoms with Crippen LogP contribution < -0.4 is 0 Å². The lowest BCUT2D eigenvalue weighted by Crippen LogP contribution is -2.36. The van der Waals surface area contributed by atoms with Gasteiger partial charge in [0.25, 0.3) is 0 Å². The van der Waals surface area contributed by atoms with E-state index < -0.39 is 12.2 Å². The van der Waals surface area contributed by atoms with E-state index in [0.29, 0.717) is 36.0 Å². The Morgan fingerprint density at radius 3 is 2.57 bits per heavy atom. The van der Waals surface area contributed by atoms with Gasteiger partial charge in [-0.2, -0.15) is 0 Å². The van der Waals surface area contributed by atoms with Gasteiger partial charge in [-0.25, -0.2) is 0 Å². The molecule has 0 radical (unpaired) electrons. The summed E-state index contributed by atoms with van der Waals surface area (Å²) in [4.78, 5) is 0. The third-order valence-electron chi connectivity index (χ3n) is 8.68. The van der Waals surface area contributed by atoms with E-state index in [0.717, 1.165) is 36.3 Å². The second-order valence-corrected chi connectivity index (χ2v) is 11.0. The summed E-state index contributed by atoms with van der Waals surface area (Å²) in [7, 11) is 0. The molecule has 3 saturated carbocycles. The van der Waals surface area contributed by atoms with Gasteiger partial charge in [-0.15, -0.1) is 0 Å². The van der Waals surface area contributed by atoms with Crippen molar-refractivity contribution in [3.8, 4) is 0 Å². The fourth-order valence-electron chi connectivity index (χ4n) is 6.65. The van der Waals surface area contributed by atoms with Crippen LogP contribution in [0.5, 0.6) is 0 Å². The first kappa shape index (κ1) is 23.8. The first-order chi connectivity index (χ1) is 14.1. The Bertz CT molecular complexity index is 676. The molecule has 0 spiro atoms. The molecule has 30 heavy (non-hydrogen) atoms. The third kappa shape index (κ3) is 4.95. The lowest BCUT2D eigenvalue weighted by molar-refractivity contribution is 0.0717. The Kier molecular flexibility index (Phi) is 7.69. The lowest BCUT2D eigenvalue weighted by atomic mass is 9.60. The number of aliphatic hydroxyl groups is 3. The van der Waals surface area contributed by atoms with Crippen LogP contribution in [0, 0.1) is 29.1 Å². The van der Waals surface area contributed by atoms with E-state index in [1.807, 2.05) is 0 Å². The van der Waals surface area contributed by atoms with E-state index >= 15 is 0 Å². The number of rotatable bonds is 6. The van der Waals surface area contributed by atoms with Crippen molar-refractivity contribution in [3.05, 3.63) is 35.5 Å². The highest BCUT2D eigenvalue weighted by atomic mass is 16.3. The van der Waals surface area contributed by atoms with Crippen LogP contribution in [0.15, 0.2) is 35.5 Å². The highest BCUT2D eigenvalue weighted by Gasteiger charge is 2.50. The van der Waals surface area contributed by atoms with Crippen molar-refractivity contribution in [2.75, 3.05) is 0 Å². The van der Waals surface area contributed by atoms with Gasteiger partial charge in [0, 0.05) is 6.42 Å². The molecule has 3 heteroatoms. The number of hydrogen-bond acceptors (Lipinski definition) is 3. The quantitative estimate of drug-likeness (QED) is 0.531. The summed E-state index contributed by atoms with van der Waals surface area (Å²) >= 11 is 0. The zero-order valence-corrected chi connectivity index (χ0v) is 19.6. The van der Waals surface area contributed by atoms with Gasteiger partial charge in [-0.1, -0.05) is 52.0 Å². The van der Waals surface area contributed by atoms with E-state index in [1.165, 1.54) is 25.7 Å². The highest BCUT2D eigenvalue weighted by Crippen LogP contribution is 2.60. The maximum absolute atomic E-state index is 10.3. The molecular formula is C27H44O3. The smallest absolute Gasteiger partial charge is 0.0811 e. The SMILES string of the molecule is C=C1/C(=C\C=C2CCC[C@]3(C)[C@@H]([C@H](C)CC[C@@H](O)C(C)C)CC[C@@H]23)C[C@@H](O)C[C@@H]1O. The van der Waals surface area contributed by atoms with Gasteiger partial charge in [0.15, 0.2) is 0 Å². The average molecular weight is 417 g/mol. The van der Waals surface area contributed by atoms with Gasteiger partial charge in [0.1, 0.15) is 0 Å². The molecule has 0 saturated heterocycles. The summed E-state index contributed by atoms with van der Waals surface area (Å²) in [5.74, 6) is 2.35. The van der Waals surface area contributed by atoms with Crippen LogP contribution >= 0.6 is 0 Å². The van der Waals surface area contributed by atoms with Crippen molar-refractivity contribution in [3.63, 3.8) is 0 Å². The molecule has 3 fully saturated rings. The van der Waals surface area contributed by atoms with Crippen LogP contribution in [-0.2, 0) is 0 Å². The minimum Gasteiger partial charge on any atom is -0.393 e. The molecule has 0 amide bonds. The molecular weight excluding hydrogens is 372 g/mol. The second kappa shape index (κ2) is 9.71. The maximum Gasteiger partial charge on any atom is 0.0811 e. The van der Waals surface area contributed by atoms with Gasteiger partial charge >= 0.3 is 0 Å². The summed E-state index contributed by atoms with van der Waals surface area (Å²) in [5, 5.41) is 30.4. The summed E-state index contributed by atoms with van der Waals surface area (Å²) in [5.41, 5.74) is 3.69.